The number of piperidine rings is 1. The summed E-state index contributed by atoms with van der Waals surface area (Å²) >= 11 is 0. The first-order chi connectivity index (χ1) is 9.81. The highest BCUT2D eigenvalue weighted by atomic mass is 31.2. The van der Waals surface area contributed by atoms with Crippen LogP contribution in [0.2, 0.25) is 0 Å². The zero-order valence-corrected chi connectivity index (χ0v) is 12.1. The Kier molecular flexibility index (Phi) is 4.41. The van der Waals surface area contributed by atoms with Crippen LogP contribution in [-0.2, 0) is 9.36 Å². The van der Waals surface area contributed by atoms with E-state index in [0.717, 1.165) is 16.8 Å². The molecule has 0 saturated carbocycles. The van der Waals surface area contributed by atoms with Crippen molar-refractivity contribution in [1.29, 1.82) is 0 Å². The van der Waals surface area contributed by atoms with Crippen molar-refractivity contribution in [2.24, 2.45) is 11.2 Å². The van der Waals surface area contributed by atoms with E-state index in [1.54, 1.807) is 0 Å². The average molecular weight is 314 g/mol. The molecule has 0 aromatic heterocycles. The zero-order valence-electron chi connectivity index (χ0n) is 11.2. The van der Waals surface area contributed by atoms with E-state index in [1.165, 1.54) is 12.1 Å². The van der Waals surface area contributed by atoms with Gasteiger partial charge in [0.15, 0.2) is 0 Å². The molecule has 0 bridgehead atoms. The van der Waals surface area contributed by atoms with E-state index in [1.807, 2.05) is 0 Å². The van der Waals surface area contributed by atoms with Crippen molar-refractivity contribution >= 4 is 19.4 Å². The molecule has 5 N–H and O–H groups in total. The second-order valence-corrected chi connectivity index (χ2v) is 6.73. The van der Waals surface area contributed by atoms with Crippen LogP contribution >= 0.6 is 7.59 Å². The summed E-state index contributed by atoms with van der Waals surface area (Å²) in [6.45, 7) is 0.171. The van der Waals surface area contributed by atoms with Crippen LogP contribution < -0.4 is 16.3 Å². The van der Waals surface area contributed by atoms with E-state index in [2.05, 4.69) is 5.09 Å². The Hall–Kier alpha value is -1.76. The molecule has 2 atom stereocenters. The lowest BCUT2D eigenvalue weighted by Gasteiger charge is -2.34. The SMILES string of the molecule is N[C@H]1CCCN(P(N)(=O)NC(=O)c2ccc(F)cc2)C1=O. The normalized spacial score (nSPS) is 21.8. The quantitative estimate of drug-likeness (QED) is 0.705. The summed E-state index contributed by atoms with van der Waals surface area (Å²) in [5, 5.41) is 2.13. The summed E-state index contributed by atoms with van der Waals surface area (Å²) in [6, 6.07) is 3.89. The first kappa shape index (κ1) is 15.6. The Labute approximate surface area is 121 Å². The molecule has 1 heterocycles. The maximum absolute atomic E-state index is 12.8. The van der Waals surface area contributed by atoms with Gasteiger partial charge in [0.1, 0.15) is 5.82 Å². The number of halogens is 1. The highest BCUT2D eigenvalue weighted by Gasteiger charge is 2.37. The van der Waals surface area contributed by atoms with Crippen LogP contribution in [0.25, 0.3) is 0 Å². The number of rotatable bonds is 3. The van der Waals surface area contributed by atoms with Crippen LogP contribution in [0.1, 0.15) is 23.2 Å². The Morgan fingerprint density at radius 1 is 1.38 bits per heavy atom. The molecular weight excluding hydrogens is 298 g/mol. The average Bonchev–Trinajstić information content (AvgIpc) is 2.41. The molecule has 21 heavy (non-hydrogen) atoms. The Bertz CT molecular complexity index is 607. The summed E-state index contributed by atoms with van der Waals surface area (Å²) in [6.07, 6.45) is 1.04. The fraction of sp³-hybridized carbons (Fsp3) is 0.333. The second-order valence-electron chi connectivity index (χ2n) is 4.78. The van der Waals surface area contributed by atoms with Crippen molar-refractivity contribution < 1.29 is 18.5 Å². The molecule has 1 unspecified atom stereocenters. The van der Waals surface area contributed by atoms with Crippen molar-refractivity contribution in [2.75, 3.05) is 6.54 Å². The highest BCUT2D eigenvalue weighted by Crippen LogP contribution is 2.39. The molecule has 7 nitrogen and oxygen atoms in total. The minimum absolute atomic E-state index is 0.0934. The molecule has 9 heteroatoms. The smallest absolute Gasteiger partial charge is 0.320 e. The van der Waals surface area contributed by atoms with Gasteiger partial charge in [-0.3, -0.25) is 23.9 Å². The van der Waals surface area contributed by atoms with E-state index in [9.17, 15) is 18.5 Å². The van der Waals surface area contributed by atoms with Gasteiger partial charge < -0.3 is 5.73 Å². The van der Waals surface area contributed by atoms with Gasteiger partial charge in [0, 0.05) is 12.1 Å². The van der Waals surface area contributed by atoms with Gasteiger partial charge in [-0.15, -0.1) is 0 Å². The lowest BCUT2D eigenvalue weighted by molar-refractivity contribution is -0.129. The van der Waals surface area contributed by atoms with Crippen LogP contribution in [0.5, 0.6) is 0 Å². The van der Waals surface area contributed by atoms with E-state index in [4.69, 9.17) is 11.2 Å². The van der Waals surface area contributed by atoms with Gasteiger partial charge in [-0.05, 0) is 37.1 Å². The first-order valence-corrected chi connectivity index (χ1v) is 8.08. The first-order valence-electron chi connectivity index (χ1n) is 6.35. The van der Waals surface area contributed by atoms with E-state index >= 15 is 0 Å². The molecule has 1 fully saturated rings. The molecule has 1 saturated heterocycles. The van der Waals surface area contributed by atoms with Gasteiger partial charge in [0.2, 0.25) is 5.91 Å². The van der Waals surface area contributed by atoms with Crippen LogP contribution in [0, 0.1) is 5.82 Å². The monoisotopic (exact) mass is 314 g/mol. The number of nitrogens with zero attached hydrogens (tertiary/aromatic N) is 1. The molecule has 1 aliphatic heterocycles. The van der Waals surface area contributed by atoms with Gasteiger partial charge in [0.05, 0.1) is 6.04 Å². The number of carbonyl (C=O) groups is 2. The van der Waals surface area contributed by atoms with Crippen molar-refractivity contribution in [3.8, 4) is 0 Å². The lowest BCUT2D eigenvalue weighted by atomic mass is 10.1. The van der Waals surface area contributed by atoms with Gasteiger partial charge in [0.25, 0.3) is 5.91 Å². The minimum Gasteiger partial charge on any atom is -0.320 e. The van der Waals surface area contributed by atoms with Gasteiger partial charge >= 0.3 is 7.59 Å². The number of hydrogen-bond acceptors (Lipinski definition) is 4. The van der Waals surface area contributed by atoms with E-state index in [-0.39, 0.29) is 12.1 Å². The summed E-state index contributed by atoms with van der Waals surface area (Å²) in [4.78, 5) is 23.8. The van der Waals surface area contributed by atoms with Crippen molar-refractivity contribution in [3.05, 3.63) is 35.6 Å². The van der Waals surface area contributed by atoms with Gasteiger partial charge in [-0.2, -0.15) is 0 Å². The predicted molar refractivity (Wildman–Crippen MR) is 74.6 cm³/mol. The number of benzene rings is 1. The van der Waals surface area contributed by atoms with Gasteiger partial charge in [-0.1, -0.05) is 0 Å². The molecule has 0 radical (unpaired) electrons. The maximum atomic E-state index is 12.8. The Balaban J connectivity index is 2.13. The van der Waals surface area contributed by atoms with E-state index < -0.39 is 31.3 Å². The minimum atomic E-state index is -3.88. The zero-order chi connectivity index (χ0) is 15.6. The molecule has 0 aliphatic carbocycles. The third kappa shape index (κ3) is 3.47. The van der Waals surface area contributed by atoms with E-state index in [0.29, 0.717) is 12.8 Å². The van der Waals surface area contributed by atoms with Crippen molar-refractivity contribution in [3.63, 3.8) is 0 Å². The number of nitrogens with two attached hydrogens (primary N) is 2. The largest absolute Gasteiger partial charge is 0.332 e. The molecule has 1 aromatic rings. The van der Waals surface area contributed by atoms with Crippen LogP contribution in [0.3, 0.4) is 0 Å². The summed E-state index contributed by atoms with van der Waals surface area (Å²) in [7, 11) is -3.88. The maximum Gasteiger partial charge on any atom is 0.332 e. The Morgan fingerprint density at radius 2 is 2.00 bits per heavy atom. The lowest BCUT2D eigenvalue weighted by Crippen LogP contribution is -2.50. The topological polar surface area (TPSA) is 119 Å². The fourth-order valence-corrected chi connectivity index (χ4v) is 3.47. The van der Waals surface area contributed by atoms with Crippen LogP contribution in [-0.4, -0.2) is 29.1 Å². The molecule has 2 amide bonds. The summed E-state index contributed by atoms with van der Waals surface area (Å²) in [5.41, 5.74) is 11.3. The second kappa shape index (κ2) is 5.93. The third-order valence-electron chi connectivity index (χ3n) is 3.18. The summed E-state index contributed by atoms with van der Waals surface area (Å²) in [5.74, 6) is -1.79. The molecule has 0 spiro atoms. The molecular formula is C12H16FN4O3P. The number of carbonyl (C=O) groups excluding carboxylic acids is 2. The number of amides is 2. The predicted octanol–water partition coefficient (Wildman–Crippen LogP) is 0.572. The summed E-state index contributed by atoms with van der Waals surface area (Å²) < 4.78 is 26.1. The van der Waals surface area contributed by atoms with Crippen LogP contribution in [0.4, 0.5) is 4.39 Å². The fourth-order valence-electron chi connectivity index (χ4n) is 2.05. The third-order valence-corrected chi connectivity index (χ3v) is 4.82. The van der Waals surface area contributed by atoms with Crippen LogP contribution in [0.15, 0.2) is 24.3 Å². The number of hydrogen-bond donors (Lipinski definition) is 3. The molecule has 1 aliphatic rings. The molecule has 114 valence electrons. The van der Waals surface area contributed by atoms with Crippen molar-refractivity contribution in [1.82, 2.24) is 9.76 Å². The standard InChI is InChI=1S/C12H16FN4O3P/c13-9-5-3-8(4-6-9)11(18)16-21(15,20)17-7-1-2-10(14)12(17)19/h3-6,10H,1-2,7,14H2,(H3,15,16,18,20)/t10-,21?/m0/s1. The van der Waals surface area contributed by atoms with Gasteiger partial charge in [-0.25, -0.2) is 9.89 Å². The molecule has 1 aromatic carbocycles. The Morgan fingerprint density at radius 3 is 2.62 bits per heavy atom. The highest BCUT2D eigenvalue weighted by molar-refractivity contribution is 7.58. The molecule has 2 rings (SSSR count). The number of nitrogens with one attached hydrogen (secondary N) is 1. The van der Waals surface area contributed by atoms with Crippen molar-refractivity contribution in [2.45, 2.75) is 18.9 Å².